The second kappa shape index (κ2) is 8.07. The molecule has 0 unspecified atom stereocenters. The summed E-state index contributed by atoms with van der Waals surface area (Å²) in [6.45, 7) is 1.67. The van der Waals surface area contributed by atoms with Gasteiger partial charge in [-0.15, -0.1) is 0 Å². The molecule has 0 atom stereocenters. The van der Waals surface area contributed by atoms with Crippen LogP contribution in [0.5, 0.6) is 0 Å². The molecule has 5 nitrogen and oxygen atoms in total. The molecule has 1 heterocycles. The molecular formula is C21H19N3O2. The number of nitrogens with one attached hydrogen (secondary N) is 1. The van der Waals surface area contributed by atoms with Crippen molar-refractivity contribution in [2.75, 3.05) is 5.32 Å². The van der Waals surface area contributed by atoms with E-state index in [9.17, 15) is 9.90 Å². The van der Waals surface area contributed by atoms with Crippen molar-refractivity contribution < 1.29 is 9.90 Å². The molecule has 5 heteroatoms. The minimum atomic E-state index is -1.04. The molecule has 0 bridgehead atoms. The molecule has 0 radical (unpaired) electrons. The molecule has 1 aromatic heterocycles. The predicted octanol–water partition coefficient (Wildman–Crippen LogP) is 4.13. The van der Waals surface area contributed by atoms with Crippen molar-refractivity contribution in [2.24, 2.45) is 0 Å². The first-order valence-corrected chi connectivity index (χ1v) is 8.29. The van der Waals surface area contributed by atoms with Crippen molar-refractivity contribution in [3.63, 3.8) is 0 Å². The number of anilines is 1. The fourth-order valence-electron chi connectivity index (χ4n) is 2.57. The maximum atomic E-state index is 11.3. The molecule has 0 aliphatic carbocycles. The SMILES string of the molecule is C/C=C(\Nc1ncc(-c2ccccc2)nc1Cc1ccccc1)C(=O)O. The van der Waals surface area contributed by atoms with Crippen LogP contribution in [-0.4, -0.2) is 21.0 Å². The normalized spacial score (nSPS) is 11.2. The smallest absolute Gasteiger partial charge is 0.352 e. The summed E-state index contributed by atoms with van der Waals surface area (Å²) in [6, 6.07) is 19.7. The lowest BCUT2D eigenvalue weighted by atomic mass is 10.1. The molecule has 2 aromatic carbocycles. The number of allylic oxidation sites excluding steroid dienone is 1. The maximum Gasteiger partial charge on any atom is 0.352 e. The molecule has 0 amide bonds. The third kappa shape index (κ3) is 4.13. The first-order valence-electron chi connectivity index (χ1n) is 8.29. The average molecular weight is 345 g/mol. The van der Waals surface area contributed by atoms with Crippen molar-refractivity contribution in [3.05, 3.63) is 89.9 Å². The molecule has 26 heavy (non-hydrogen) atoms. The number of aliphatic carboxylic acids is 1. The number of rotatable bonds is 6. The van der Waals surface area contributed by atoms with Gasteiger partial charge in [-0.1, -0.05) is 66.7 Å². The summed E-state index contributed by atoms with van der Waals surface area (Å²) in [7, 11) is 0. The van der Waals surface area contributed by atoms with Gasteiger partial charge in [-0.2, -0.15) is 0 Å². The maximum absolute atomic E-state index is 11.3. The minimum Gasteiger partial charge on any atom is -0.477 e. The van der Waals surface area contributed by atoms with Gasteiger partial charge in [-0.25, -0.2) is 14.8 Å². The van der Waals surface area contributed by atoms with Crippen molar-refractivity contribution >= 4 is 11.8 Å². The summed E-state index contributed by atoms with van der Waals surface area (Å²) in [5, 5.41) is 12.2. The first-order chi connectivity index (χ1) is 12.7. The van der Waals surface area contributed by atoms with Crippen LogP contribution < -0.4 is 5.32 Å². The Morgan fingerprint density at radius 2 is 1.73 bits per heavy atom. The molecule has 0 spiro atoms. The summed E-state index contributed by atoms with van der Waals surface area (Å²) in [5.74, 6) is -0.587. The van der Waals surface area contributed by atoms with Gasteiger partial charge in [0.1, 0.15) is 5.70 Å². The van der Waals surface area contributed by atoms with Gasteiger partial charge in [0, 0.05) is 12.0 Å². The Balaban J connectivity index is 2.01. The largest absolute Gasteiger partial charge is 0.477 e. The molecule has 3 aromatic rings. The van der Waals surface area contributed by atoms with Gasteiger partial charge in [0.25, 0.3) is 0 Å². The number of aromatic nitrogens is 2. The lowest BCUT2D eigenvalue weighted by molar-refractivity contribution is -0.132. The monoisotopic (exact) mass is 345 g/mol. The van der Waals surface area contributed by atoms with Gasteiger partial charge < -0.3 is 10.4 Å². The number of carbonyl (C=O) groups is 1. The van der Waals surface area contributed by atoms with E-state index in [2.05, 4.69) is 10.3 Å². The van der Waals surface area contributed by atoms with Gasteiger partial charge in [0.2, 0.25) is 0 Å². The van der Waals surface area contributed by atoms with Crippen LogP contribution in [0.3, 0.4) is 0 Å². The number of hydrogen-bond donors (Lipinski definition) is 2. The summed E-state index contributed by atoms with van der Waals surface area (Å²) in [5.41, 5.74) is 3.55. The fraction of sp³-hybridized carbons (Fsp3) is 0.0952. The van der Waals surface area contributed by atoms with Gasteiger partial charge in [0.15, 0.2) is 5.82 Å². The Morgan fingerprint density at radius 3 is 2.35 bits per heavy atom. The van der Waals surface area contributed by atoms with E-state index in [0.717, 1.165) is 16.8 Å². The zero-order chi connectivity index (χ0) is 18.4. The average Bonchev–Trinajstić information content (AvgIpc) is 2.68. The van der Waals surface area contributed by atoms with Crippen molar-refractivity contribution in [3.8, 4) is 11.3 Å². The predicted molar refractivity (Wildman–Crippen MR) is 102 cm³/mol. The highest BCUT2D eigenvalue weighted by Crippen LogP contribution is 2.22. The molecule has 0 fully saturated rings. The Hall–Kier alpha value is -3.47. The summed E-state index contributed by atoms with van der Waals surface area (Å²) in [6.07, 6.45) is 3.70. The summed E-state index contributed by atoms with van der Waals surface area (Å²) < 4.78 is 0. The van der Waals surface area contributed by atoms with E-state index >= 15 is 0 Å². The highest BCUT2D eigenvalue weighted by atomic mass is 16.4. The van der Waals surface area contributed by atoms with E-state index in [4.69, 9.17) is 4.98 Å². The van der Waals surface area contributed by atoms with Gasteiger partial charge in [-0.3, -0.25) is 0 Å². The minimum absolute atomic E-state index is 0.0704. The lowest BCUT2D eigenvalue weighted by Gasteiger charge is -2.12. The highest BCUT2D eigenvalue weighted by molar-refractivity contribution is 5.90. The van der Waals surface area contributed by atoms with Crippen LogP contribution in [0.4, 0.5) is 5.82 Å². The Labute approximate surface area is 152 Å². The quantitative estimate of drug-likeness (QED) is 0.657. The van der Waals surface area contributed by atoms with E-state index in [1.165, 1.54) is 6.08 Å². The van der Waals surface area contributed by atoms with Crippen LogP contribution in [0.2, 0.25) is 0 Å². The van der Waals surface area contributed by atoms with Crippen LogP contribution in [0.15, 0.2) is 78.6 Å². The van der Waals surface area contributed by atoms with Crippen molar-refractivity contribution in [1.82, 2.24) is 9.97 Å². The zero-order valence-corrected chi connectivity index (χ0v) is 14.4. The third-order valence-corrected chi connectivity index (χ3v) is 3.90. The van der Waals surface area contributed by atoms with Crippen LogP contribution in [-0.2, 0) is 11.2 Å². The summed E-state index contributed by atoms with van der Waals surface area (Å²) in [4.78, 5) is 20.5. The summed E-state index contributed by atoms with van der Waals surface area (Å²) >= 11 is 0. The number of benzene rings is 2. The second-order valence-electron chi connectivity index (χ2n) is 5.71. The number of carboxylic acids is 1. The fourth-order valence-corrected chi connectivity index (χ4v) is 2.57. The van der Waals surface area contributed by atoms with E-state index < -0.39 is 5.97 Å². The van der Waals surface area contributed by atoms with Crippen LogP contribution >= 0.6 is 0 Å². The zero-order valence-electron chi connectivity index (χ0n) is 14.4. The molecule has 3 rings (SSSR count). The number of carboxylic acid groups (broad SMARTS) is 1. The van der Waals surface area contributed by atoms with Crippen molar-refractivity contribution in [2.45, 2.75) is 13.3 Å². The first kappa shape index (κ1) is 17.4. The highest BCUT2D eigenvalue weighted by Gasteiger charge is 2.14. The lowest BCUT2D eigenvalue weighted by Crippen LogP contribution is -2.13. The molecule has 0 saturated heterocycles. The van der Waals surface area contributed by atoms with E-state index in [0.29, 0.717) is 17.9 Å². The van der Waals surface area contributed by atoms with E-state index in [-0.39, 0.29) is 5.70 Å². The molecule has 0 aliphatic rings. The van der Waals surface area contributed by atoms with Gasteiger partial charge in [-0.05, 0) is 12.5 Å². The molecule has 0 saturated carbocycles. The van der Waals surface area contributed by atoms with Gasteiger partial charge in [0.05, 0.1) is 17.6 Å². The number of nitrogens with zero attached hydrogens (tertiary/aromatic N) is 2. The van der Waals surface area contributed by atoms with Gasteiger partial charge >= 0.3 is 5.97 Å². The van der Waals surface area contributed by atoms with E-state index in [1.54, 1.807) is 13.1 Å². The molecule has 2 N–H and O–H groups in total. The topological polar surface area (TPSA) is 75.1 Å². The Kier molecular flexibility index (Phi) is 5.39. The molecule has 130 valence electrons. The second-order valence-corrected chi connectivity index (χ2v) is 5.71. The van der Waals surface area contributed by atoms with E-state index in [1.807, 2.05) is 60.7 Å². The van der Waals surface area contributed by atoms with Crippen molar-refractivity contribution in [1.29, 1.82) is 0 Å². The Morgan fingerprint density at radius 1 is 1.08 bits per heavy atom. The van der Waals surface area contributed by atoms with Crippen LogP contribution in [0.1, 0.15) is 18.2 Å². The standard InChI is InChI=1S/C21H19N3O2/c1-2-17(21(25)26)24-20-18(13-15-9-5-3-6-10-15)23-19(14-22-20)16-11-7-4-8-12-16/h2-12,14H,13H2,1H3,(H,22,24)(H,25,26)/b17-2-. The molecular weight excluding hydrogens is 326 g/mol. The molecule has 0 aliphatic heterocycles. The van der Waals surface area contributed by atoms with Crippen LogP contribution in [0.25, 0.3) is 11.3 Å². The number of hydrogen-bond acceptors (Lipinski definition) is 4. The Bertz CT molecular complexity index is 923. The third-order valence-electron chi connectivity index (χ3n) is 3.90. The van der Waals surface area contributed by atoms with Crippen LogP contribution in [0, 0.1) is 0 Å².